The lowest BCUT2D eigenvalue weighted by Gasteiger charge is -2.36. The maximum atomic E-state index is 7.39. The standard InChI is InChI=1S/C114H96N2O4/c1-112(2,3)91-66-94(115(110-106(83-46-26-14-27-47-83)68-92(113(4,5)6)69-107(110)84-48-28-15-29-49-84)96-73-102(117-98-58-34-54-87(62-98)79-38-18-10-19-39-79)77-103(74-96)118-99-59-35-55-88(63-99)80-40-20-11-21-41-80)72-95(67-91)116(111-108(85-50-30-16-31-51-85)70-93(114(7,8)9)71-109(111)86-52-32-17-33-53-86)97-75-104(119-100-60-36-56-89(64-100)81-42-22-12-23-43-81)78-105(76-97)120-101-61-37-57-90(65-101)82-44-24-13-25-45-82/h10-78H,1-9H3. The lowest BCUT2D eigenvalue weighted by atomic mass is 9.81. The van der Waals surface area contributed by atoms with E-state index in [9.17, 15) is 0 Å². The summed E-state index contributed by atoms with van der Waals surface area (Å²) < 4.78 is 29.6. The SMILES string of the molecule is CC(C)(C)c1cc(N(c2cc(Oc3cccc(-c4ccccc4)c3)cc(Oc3cccc(-c4ccccc4)c3)c2)c2c(-c3ccccc3)cc(C(C)(C)C)cc2-c2ccccc2)cc(N(c2cc(Oc3cccc(-c4ccccc4)c3)cc(Oc3cccc(-c4ccccc4)c3)c2)c2c(-c3ccccc3)cc(C(C)(C)C)cc2-c2ccccc2)c1. The van der Waals surface area contributed by atoms with E-state index in [2.05, 4.69) is 430 Å². The molecule has 17 rings (SSSR count). The van der Waals surface area contributed by atoms with Crippen LogP contribution in [0.3, 0.4) is 0 Å². The van der Waals surface area contributed by atoms with Crippen LogP contribution in [0, 0.1) is 0 Å². The third kappa shape index (κ3) is 17.8. The maximum Gasteiger partial charge on any atom is 0.133 e. The Kier molecular flexibility index (Phi) is 22.1. The molecule has 0 radical (unpaired) electrons. The zero-order chi connectivity index (χ0) is 82.3. The Morgan fingerprint density at radius 3 is 0.567 bits per heavy atom. The first kappa shape index (κ1) is 78.1. The molecule has 0 fully saturated rings. The number of benzene rings is 17. The summed E-state index contributed by atoms with van der Waals surface area (Å²) in [5, 5.41) is 0. The topological polar surface area (TPSA) is 43.4 Å². The molecule has 0 N–H and O–H groups in total. The molecule has 0 aliphatic rings. The van der Waals surface area contributed by atoms with Crippen LogP contribution in [-0.2, 0) is 16.2 Å². The Morgan fingerprint density at radius 2 is 0.350 bits per heavy atom. The van der Waals surface area contributed by atoms with Crippen LogP contribution in [0.5, 0.6) is 46.0 Å². The van der Waals surface area contributed by atoms with Crippen molar-refractivity contribution in [2.45, 2.75) is 78.6 Å². The van der Waals surface area contributed by atoms with Gasteiger partial charge >= 0.3 is 0 Å². The third-order valence-corrected chi connectivity index (χ3v) is 22.0. The van der Waals surface area contributed by atoms with E-state index in [0.717, 1.165) is 129 Å². The van der Waals surface area contributed by atoms with Gasteiger partial charge in [-0.15, -0.1) is 0 Å². The van der Waals surface area contributed by atoms with Crippen LogP contribution < -0.4 is 28.7 Å². The van der Waals surface area contributed by atoms with E-state index < -0.39 is 5.41 Å². The molecule has 0 aromatic heterocycles. The molecule has 0 unspecified atom stereocenters. The average molecular weight is 1560 g/mol. The first-order valence-corrected chi connectivity index (χ1v) is 41.3. The van der Waals surface area contributed by atoms with Gasteiger partial charge in [-0.2, -0.15) is 0 Å². The molecule has 0 aliphatic heterocycles. The first-order valence-electron chi connectivity index (χ1n) is 41.3. The molecule has 0 spiro atoms. The molecule has 17 aromatic rings. The molecule has 0 aliphatic carbocycles. The quantitative estimate of drug-likeness (QED) is 0.0674. The summed E-state index contributed by atoms with van der Waals surface area (Å²) in [7, 11) is 0. The highest BCUT2D eigenvalue weighted by Crippen LogP contribution is 2.56. The van der Waals surface area contributed by atoms with E-state index in [1.807, 2.05) is 60.7 Å². The minimum absolute atomic E-state index is 0.292. The highest BCUT2D eigenvalue weighted by molar-refractivity contribution is 6.02. The van der Waals surface area contributed by atoms with Crippen LogP contribution >= 0.6 is 0 Å². The Bertz CT molecular complexity index is 5720. The highest BCUT2D eigenvalue weighted by Gasteiger charge is 2.33. The predicted octanol–water partition coefficient (Wildman–Crippen LogP) is 33.0. The second-order valence-electron chi connectivity index (χ2n) is 33.8. The van der Waals surface area contributed by atoms with Gasteiger partial charge in [-0.1, -0.05) is 353 Å². The largest absolute Gasteiger partial charge is 0.457 e. The Morgan fingerprint density at radius 1 is 0.158 bits per heavy atom. The molecule has 6 nitrogen and oxygen atoms in total. The van der Waals surface area contributed by atoms with Gasteiger partial charge in [0.1, 0.15) is 46.0 Å². The van der Waals surface area contributed by atoms with Crippen LogP contribution in [-0.4, -0.2) is 0 Å². The lowest BCUT2D eigenvalue weighted by molar-refractivity contribution is 0.460. The van der Waals surface area contributed by atoms with Gasteiger partial charge in [0.05, 0.1) is 22.7 Å². The number of rotatable bonds is 22. The number of hydrogen-bond acceptors (Lipinski definition) is 6. The van der Waals surface area contributed by atoms with Crippen molar-refractivity contribution in [2.75, 3.05) is 9.80 Å². The predicted molar refractivity (Wildman–Crippen MR) is 501 cm³/mol. The molecule has 0 atom stereocenters. The molecule has 0 amide bonds. The van der Waals surface area contributed by atoms with Crippen LogP contribution in [0.4, 0.5) is 34.1 Å². The molecule has 17 aromatic carbocycles. The van der Waals surface area contributed by atoms with Gasteiger partial charge in [0.25, 0.3) is 0 Å². The summed E-state index contributed by atoms with van der Waals surface area (Å²) >= 11 is 0. The van der Waals surface area contributed by atoms with Gasteiger partial charge in [0, 0.05) is 70.0 Å². The zero-order valence-electron chi connectivity index (χ0n) is 69.4. The second-order valence-corrected chi connectivity index (χ2v) is 33.8. The first-order chi connectivity index (χ1) is 58.3. The smallest absolute Gasteiger partial charge is 0.133 e. The van der Waals surface area contributed by atoms with Crippen molar-refractivity contribution in [3.05, 3.63) is 435 Å². The minimum atomic E-state index is -0.497. The molecular weight excluding hydrogens is 1460 g/mol. The van der Waals surface area contributed by atoms with Gasteiger partial charge in [-0.3, -0.25) is 0 Å². The molecule has 586 valence electrons. The summed E-state index contributed by atoms with van der Waals surface area (Å²) in [6.07, 6.45) is 0. The summed E-state index contributed by atoms with van der Waals surface area (Å²) in [6, 6.07) is 148. The van der Waals surface area contributed by atoms with E-state index in [4.69, 9.17) is 18.9 Å². The van der Waals surface area contributed by atoms with Crippen molar-refractivity contribution in [3.8, 4) is 135 Å². The second kappa shape index (κ2) is 34.0. The maximum absolute atomic E-state index is 7.39. The monoisotopic (exact) mass is 1560 g/mol. The van der Waals surface area contributed by atoms with Crippen molar-refractivity contribution in [1.82, 2.24) is 0 Å². The molecule has 0 bridgehead atoms. The molecule has 120 heavy (non-hydrogen) atoms. The van der Waals surface area contributed by atoms with Gasteiger partial charge < -0.3 is 28.7 Å². The third-order valence-electron chi connectivity index (χ3n) is 22.0. The number of ether oxygens (including phenoxy) is 4. The van der Waals surface area contributed by atoms with Gasteiger partial charge in [-0.05, 0) is 191 Å². The normalized spacial score (nSPS) is 11.5. The van der Waals surface area contributed by atoms with Crippen molar-refractivity contribution in [1.29, 1.82) is 0 Å². The van der Waals surface area contributed by atoms with E-state index in [0.29, 0.717) is 46.0 Å². The van der Waals surface area contributed by atoms with E-state index >= 15 is 0 Å². The Hall–Kier alpha value is -14.5. The molecule has 6 heteroatoms. The van der Waals surface area contributed by atoms with Crippen LogP contribution in [0.15, 0.2) is 419 Å². The number of anilines is 6. The molecular formula is C114H96N2O4. The van der Waals surface area contributed by atoms with Crippen LogP contribution in [0.1, 0.15) is 79.0 Å². The van der Waals surface area contributed by atoms with E-state index in [1.54, 1.807) is 0 Å². The van der Waals surface area contributed by atoms with Gasteiger partial charge in [0.2, 0.25) is 0 Å². The fraction of sp³-hybridized carbons (Fsp3) is 0.105. The van der Waals surface area contributed by atoms with E-state index in [-0.39, 0.29) is 10.8 Å². The van der Waals surface area contributed by atoms with Crippen molar-refractivity contribution < 1.29 is 18.9 Å². The summed E-state index contributed by atoms with van der Waals surface area (Å²) in [6.45, 7) is 20.8. The molecule has 0 saturated heterocycles. The van der Waals surface area contributed by atoms with Crippen molar-refractivity contribution in [3.63, 3.8) is 0 Å². The highest BCUT2D eigenvalue weighted by atomic mass is 16.5. The van der Waals surface area contributed by atoms with Gasteiger partial charge in [-0.25, -0.2) is 0 Å². The van der Waals surface area contributed by atoms with Crippen LogP contribution in [0.2, 0.25) is 0 Å². The number of nitrogens with zero attached hydrogens (tertiary/aromatic N) is 2. The lowest BCUT2D eigenvalue weighted by Crippen LogP contribution is -2.20. The fourth-order valence-corrected chi connectivity index (χ4v) is 15.7. The summed E-state index contributed by atoms with van der Waals surface area (Å²) in [5.41, 5.74) is 24.2. The molecule has 0 heterocycles. The summed E-state index contributed by atoms with van der Waals surface area (Å²) in [4.78, 5) is 4.95. The molecule has 0 saturated carbocycles. The average Bonchev–Trinajstić information content (AvgIpc) is 0.735. The zero-order valence-corrected chi connectivity index (χ0v) is 69.4. The van der Waals surface area contributed by atoms with Crippen molar-refractivity contribution >= 4 is 34.1 Å². The van der Waals surface area contributed by atoms with Crippen LogP contribution in [0.25, 0.3) is 89.0 Å². The number of hydrogen-bond donors (Lipinski definition) is 0. The summed E-state index contributed by atoms with van der Waals surface area (Å²) in [5.74, 6) is 4.90. The fourth-order valence-electron chi connectivity index (χ4n) is 15.7. The minimum Gasteiger partial charge on any atom is -0.457 e. The van der Waals surface area contributed by atoms with E-state index in [1.165, 1.54) is 11.1 Å². The Labute approximate surface area is 707 Å². The van der Waals surface area contributed by atoms with Crippen molar-refractivity contribution in [2.24, 2.45) is 0 Å². The van der Waals surface area contributed by atoms with Gasteiger partial charge in [0.15, 0.2) is 0 Å². The Balaban J connectivity index is 0.997.